The van der Waals surface area contributed by atoms with Crippen LogP contribution in [0.3, 0.4) is 0 Å². The Morgan fingerprint density at radius 2 is 1.95 bits per heavy atom. The molecule has 19 heavy (non-hydrogen) atoms. The van der Waals surface area contributed by atoms with Gasteiger partial charge in [-0.1, -0.05) is 17.7 Å². The third kappa shape index (κ3) is 2.96. The minimum atomic E-state index is -0.676. The number of phenols is 1. The lowest BCUT2D eigenvalue weighted by molar-refractivity contribution is 0.469. The van der Waals surface area contributed by atoms with Crippen LogP contribution < -0.4 is 5.32 Å². The molecular formula is C14H12ClF2NO. The summed E-state index contributed by atoms with van der Waals surface area (Å²) in [6.45, 7) is 1.63. The van der Waals surface area contributed by atoms with Crippen molar-refractivity contribution in [2.75, 3.05) is 5.32 Å². The number of phenolic OH excluding ortho intramolecular Hbond substituents is 1. The molecule has 0 fully saturated rings. The Hall–Kier alpha value is -1.81. The first-order valence-electron chi connectivity index (χ1n) is 5.65. The molecule has 2 rings (SSSR count). The molecule has 0 radical (unpaired) electrons. The summed E-state index contributed by atoms with van der Waals surface area (Å²) >= 11 is 5.80. The molecular weight excluding hydrogens is 272 g/mol. The molecule has 0 bridgehead atoms. The van der Waals surface area contributed by atoms with Crippen molar-refractivity contribution in [3.63, 3.8) is 0 Å². The molecule has 2 aromatic rings. The first kappa shape index (κ1) is 13.6. The molecule has 5 heteroatoms. The summed E-state index contributed by atoms with van der Waals surface area (Å²) in [6, 6.07) is 7.07. The lowest BCUT2D eigenvalue weighted by Gasteiger charge is -2.11. The van der Waals surface area contributed by atoms with Crippen molar-refractivity contribution >= 4 is 17.3 Å². The molecule has 0 aromatic heterocycles. The first-order valence-corrected chi connectivity index (χ1v) is 6.02. The number of anilines is 1. The van der Waals surface area contributed by atoms with Gasteiger partial charge in [0, 0.05) is 17.1 Å². The number of hydrogen-bond donors (Lipinski definition) is 2. The van der Waals surface area contributed by atoms with E-state index in [0.29, 0.717) is 16.1 Å². The van der Waals surface area contributed by atoms with Gasteiger partial charge in [-0.05, 0) is 36.8 Å². The first-order chi connectivity index (χ1) is 8.99. The molecule has 0 atom stereocenters. The minimum absolute atomic E-state index is 0.0189. The second kappa shape index (κ2) is 5.45. The van der Waals surface area contributed by atoms with E-state index in [4.69, 9.17) is 11.6 Å². The average molecular weight is 284 g/mol. The number of rotatable bonds is 3. The van der Waals surface area contributed by atoms with Crippen LogP contribution in [0.25, 0.3) is 0 Å². The van der Waals surface area contributed by atoms with E-state index in [1.165, 1.54) is 30.3 Å². The highest BCUT2D eigenvalue weighted by Gasteiger charge is 2.11. The summed E-state index contributed by atoms with van der Waals surface area (Å²) < 4.78 is 27.3. The van der Waals surface area contributed by atoms with Crippen LogP contribution in [0.15, 0.2) is 30.3 Å². The predicted octanol–water partition coefficient (Wildman–Crippen LogP) is 4.24. The normalized spacial score (nSPS) is 10.5. The summed E-state index contributed by atoms with van der Waals surface area (Å²) in [5, 5.41) is 12.7. The standard InChI is InChI=1S/C14H12ClF2NO/c1-8-2-4-11(16)14(13(8)17)18-7-9-6-10(15)3-5-12(9)19/h2-6,18-19H,7H2,1H3. The van der Waals surface area contributed by atoms with Crippen molar-refractivity contribution in [1.29, 1.82) is 0 Å². The van der Waals surface area contributed by atoms with Gasteiger partial charge in [0.2, 0.25) is 0 Å². The molecule has 0 unspecified atom stereocenters. The zero-order valence-electron chi connectivity index (χ0n) is 10.2. The molecule has 0 amide bonds. The van der Waals surface area contributed by atoms with E-state index in [1.807, 2.05) is 0 Å². The Bertz CT molecular complexity index is 617. The summed E-state index contributed by atoms with van der Waals surface area (Å²) in [6.07, 6.45) is 0. The zero-order chi connectivity index (χ0) is 14.0. The van der Waals surface area contributed by atoms with Gasteiger partial charge in [0.1, 0.15) is 17.3 Å². The van der Waals surface area contributed by atoms with Crippen molar-refractivity contribution in [3.8, 4) is 5.75 Å². The molecule has 0 saturated heterocycles. The van der Waals surface area contributed by atoms with Crippen LogP contribution in [0.1, 0.15) is 11.1 Å². The number of halogens is 3. The second-order valence-corrected chi connectivity index (χ2v) is 4.62. The summed E-state index contributed by atoms with van der Waals surface area (Å²) in [5.74, 6) is -1.29. The topological polar surface area (TPSA) is 32.3 Å². The molecule has 0 saturated carbocycles. The van der Waals surface area contributed by atoms with Crippen molar-refractivity contribution in [1.82, 2.24) is 0 Å². The molecule has 0 aliphatic carbocycles. The maximum Gasteiger partial charge on any atom is 0.152 e. The highest BCUT2D eigenvalue weighted by atomic mass is 35.5. The largest absolute Gasteiger partial charge is 0.508 e. The van der Waals surface area contributed by atoms with Crippen LogP contribution >= 0.6 is 11.6 Å². The monoisotopic (exact) mass is 283 g/mol. The third-order valence-electron chi connectivity index (χ3n) is 2.78. The van der Waals surface area contributed by atoms with Crippen molar-refractivity contribution in [2.45, 2.75) is 13.5 Å². The maximum absolute atomic E-state index is 13.8. The fourth-order valence-corrected chi connectivity index (χ4v) is 1.89. The Morgan fingerprint density at radius 3 is 2.68 bits per heavy atom. The van der Waals surface area contributed by atoms with Crippen LogP contribution in [0.2, 0.25) is 5.02 Å². The minimum Gasteiger partial charge on any atom is -0.508 e. The van der Waals surface area contributed by atoms with Gasteiger partial charge in [-0.25, -0.2) is 8.78 Å². The van der Waals surface area contributed by atoms with E-state index in [0.717, 1.165) is 0 Å². The predicted molar refractivity (Wildman–Crippen MR) is 71.5 cm³/mol. The van der Waals surface area contributed by atoms with Crippen LogP contribution in [0.4, 0.5) is 14.5 Å². The van der Waals surface area contributed by atoms with Crippen LogP contribution in [0.5, 0.6) is 5.75 Å². The maximum atomic E-state index is 13.8. The molecule has 2 N–H and O–H groups in total. The van der Waals surface area contributed by atoms with Gasteiger partial charge in [-0.15, -0.1) is 0 Å². The van der Waals surface area contributed by atoms with Crippen LogP contribution in [-0.2, 0) is 6.54 Å². The highest BCUT2D eigenvalue weighted by molar-refractivity contribution is 6.30. The Kier molecular flexibility index (Phi) is 3.90. The van der Waals surface area contributed by atoms with E-state index in [-0.39, 0.29) is 18.0 Å². The number of aromatic hydroxyl groups is 1. The molecule has 100 valence electrons. The lowest BCUT2D eigenvalue weighted by Crippen LogP contribution is -2.05. The number of aryl methyl sites for hydroxylation is 1. The SMILES string of the molecule is Cc1ccc(F)c(NCc2cc(Cl)ccc2O)c1F. The van der Waals surface area contributed by atoms with Crippen LogP contribution in [-0.4, -0.2) is 5.11 Å². The fraction of sp³-hybridized carbons (Fsp3) is 0.143. The van der Waals surface area contributed by atoms with E-state index >= 15 is 0 Å². The number of nitrogens with one attached hydrogen (secondary N) is 1. The average Bonchev–Trinajstić information content (AvgIpc) is 2.38. The quantitative estimate of drug-likeness (QED) is 0.883. The summed E-state index contributed by atoms with van der Waals surface area (Å²) in [7, 11) is 0. The van der Waals surface area contributed by atoms with Gasteiger partial charge in [-0.2, -0.15) is 0 Å². The zero-order valence-corrected chi connectivity index (χ0v) is 10.9. The van der Waals surface area contributed by atoms with Gasteiger partial charge in [0.05, 0.1) is 0 Å². The summed E-state index contributed by atoms with van der Waals surface area (Å²) in [4.78, 5) is 0. The summed E-state index contributed by atoms with van der Waals surface area (Å²) in [5.41, 5.74) is 0.603. The lowest BCUT2D eigenvalue weighted by atomic mass is 10.1. The van der Waals surface area contributed by atoms with Gasteiger partial charge in [0.25, 0.3) is 0 Å². The highest BCUT2D eigenvalue weighted by Crippen LogP contribution is 2.25. The molecule has 0 aliphatic heterocycles. The van der Waals surface area contributed by atoms with Crippen molar-refractivity contribution in [2.24, 2.45) is 0 Å². The van der Waals surface area contributed by atoms with E-state index in [9.17, 15) is 13.9 Å². The Balaban J connectivity index is 2.24. The van der Waals surface area contributed by atoms with Gasteiger partial charge < -0.3 is 10.4 Å². The number of benzene rings is 2. The molecule has 0 aliphatic rings. The van der Waals surface area contributed by atoms with Crippen molar-refractivity contribution in [3.05, 3.63) is 58.1 Å². The Morgan fingerprint density at radius 1 is 1.21 bits per heavy atom. The van der Waals surface area contributed by atoms with E-state index in [2.05, 4.69) is 5.32 Å². The van der Waals surface area contributed by atoms with Crippen LogP contribution in [0, 0.1) is 18.6 Å². The van der Waals surface area contributed by atoms with Gasteiger partial charge in [0.15, 0.2) is 5.82 Å². The fourth-order valence-electron chi connectivity index (χ4n) is 1.70. The molecule has 2 nitrogen and oxygen atoms in total. The molecule has 0 heterocycles. The van der Waals surface area contributed by atoms with E-state index < -0.39 is 11.6 Å². The van der Waals surface area contributed by atoms with E-state index in [1.54, 1.807) is 6.92 Å². The second-order valence-electron chi connectivity index (χ2n) is 4.18. The molecule has 2 aromatic carbocycles. The molecule has 0 spiro atoms. The van der Waals surface area contributed by atoms with Gasteiger partial charge >= 0.3 is 0 Å². The third-order valence-corrected chi connectivity index (χ3v) is 3.02. The number of hydrogen-bond acceptors (Lipinski definition) is 2. The Labute approximate surface area is 114 Å². The van der Waals surface area contributed by atoms with Crippen molar-refractivity contribution < 1.29 is 13.9 Å². The van der Waals surface area contributed by atoms with Gasteiger partial charge in [-0.3, -0.25) is 0 Å². The smallest absolute Gasteiger partial charge is 0.152 e.